The largest absolute Gasteiger partial charge is 0.368 e. The predicted octanol–water partition coefficient (Wildman–Crippen LogP) is 0.943. The molecule has 0 unspecified atom stereocenters. The van der Waals surface area contributed by atoms with E-state index in [1.165, 1.54) is 0 Å². The van der Waals surface area contributed by atoms with E-state index in [9.17, 15) is 24.0 Å². The van der Waals surface area contributed by atoms with Crippen LogP contribution in [0.4, 0.5) is 0 Å². The minimum Gasteiger partial charge on any atom is -0.368 e. The first-order valence-corrected chi connectivity index (χ1v) is 12.6. The van der Waals surface area contributed by atoms with Crippen LogP contribution in [0.25, 0.3) is 0 Å². The van der Waals surface area contributed by atoms with Crippen molar-refractivity contribution in [2.75, 3.05) is 6.54 Å². The molecule has 38 heavy (non-hydrogen) atoms. The number of carbonyl (C=O) groups is 5. The standard InChI is InChI=1S/C28H37N5O5/c1-19(2)15-22(27(29)37)32-26(36)18-31-28(38)23(16-20-9-5-3-6-10-20)33-25(35)14-13-24(34)30-17-21-11-7-4-8-12-21/h3-12,19,22-23H,13-18H2,1-2H3,(H2,29,37)(H,30,34)(H,31,38)(H,32,36)(H,33,35)/t22-,23-/m0/s1. The van der Waals surface area contributed by atoms with Gasteiger partial charge in [0.15, 0.2) is 0 Å². The number of rotatable bonds is 15. The molecule has 0 spiro atoms. The van der Waals surface area contributed by atoms with Crippen molar-refractivity contribution in [2.45, 2.75) is 58.2 Å². The number of hydrogen-bond donors (Lipinski definition) is 5. The van der Waals surface area contributed by atoms with E-state index < -0.39 is 35.7 Å². The second-order valence-electron chi connectivity index (χ2n) is 9.44. The van der Waals surface area contributed by atoms with Crippen LogP contribution in [0.1, 0.15) is 44.2 Å². The summed E-state index contributed by atoms with van der Waals surface area (Å²) in [4.78, 5) is 61.6. The van der Waals surface area contributed by atoms with Gasteiger partial charge in [0.05, 0.1) is 6.54 Å². The molecule has 0 aliphatic heterocycles. The van der Waals surface area contributed by atoms with Crippen LogP contribution in [0, 0.1) is 5.92 Å². The van der Waals surface area contributed by atoms with E-state index in [4.69, 9.17) is 5.73 Å². The molecule has 0 saturated heterocycles. The molecule has 0 heterocycles. The van der Waals surface area contributed by atoms with E-state index >= 15 is 0 Å². The van der Waals surface area contributed by atoms with Crippen molar-refractivity contribution in [3.05, 3.63) is 71.8 Å². The summed E-state index contributed by atoms with van der Waals surface area (Å²) in [5.41, 5.74) is 7.11. The number of nitrogens with two attached hydrogens (primary N) is 1. The zero-order chi connectivity index (χ0) is 27.9. The number of hydrogen-bond acceptors (Lipinski definition) is 5. The Kier molecular flexibility index (Phi) is 12.5. The zero-order valence-electron chi connectivity index (χ0n) is 21.9. The summed E-state index contributed by atoms with van der Waals surface area (Å²) >= 11 is 0. The van der Waals surface area contributed by atoms with Gasteiger partial charge in [0.25, 0.3) is 0 Å². The third kappa shape index (κ3) is 11.7. The van der Waals surface area contributed by atoms with Crippen LogP contribution in [0.5, 0.6) is 0 Å². The molecule has 0 radical (unpaired) electrons. The average molecular weight is 524 g/mol. The highest BCUT2D eigenvalue weighted by Gasteiger charge is 2.24. The Balaban J connectivity index is 1.90. The molecule has 6 N–H and O–H groups in total. The van der Waals surface area contributed by atoms with Crippen LogP contribution in [0.15, 0.2) is 60.7 Å². The number of carbonyl (C=O) groups excluding carboxylic acids is 5. The van der Waals surface area contributed by atoms with Gasteiger partial charge in [-0.25, -0.2) is 0 Å². The van der Waals surface area contributed by atoms with Crippen LogP contribution >= 0.6 is 0 Å². The maximum absolute atomic E-state index is 12.9. The van der Waals surface area contributed by atoms with Crippen LogP contribution < -0.4 is 27.0 Å². The van der Waals surface area contributed by atoms with E-state index in [-0.39, 0.29) is 37.6 Å². The lowest BCUT2D eigenvalue weighted by Gasteiger charge is -2.20. The smallest absolute Gasteiger partial charge is 0.243 e. The van der Waals surface area contributed by atoms with Crippen LogP contribution in [0.2, 0.25) is 0 Å². The minimum absolute atomic E-state index is 0.0366. The fourth-order valence-corrected chi connectivity index (χ4v) is 3.69. The van der Waals surface area contributed by atoms with E-state index in [1.54, 1.807) is 0 Å². The molecule has 2 aromatic carbocycles. The lowest BCUT2D eigenvalue weighted by Crippen LogP contribution is -2.52. The summed E-state index contributed by atoms with van der Waals surface area (Å²) in [5.74, 6) is -2.40. The molecule has 2 rings (SSSR count). The Morgan fingerprint density at radius 3 is 1.84 bits per heavy atom. The summed E-state index contributed by atoms with van der Waals surface area (Å²) in [6.07, 6.45) is 0.429. The monoisotopic (exact) mass is 523 g/mol. The van der Waals surface area contributed by atoms with Crippen molar-refractivity contribution in [1.82, 2.24) is 21.3 Å². The van der Waals surface area contributed by atoms with Crippen molar-refractivity contribution in [3.63, 3.8) is 0 Å². The predicted molar refractivity (Wildman–Crippen MR) is 143 cm³/mol. The highest BCUT2D eigenvalue weighted by Crippen LogP contribution is 2.06. The molecule has 0 aliphatic rings. The Morgan fingerprint density at radius 2 is 1.26 bits per heavy atom. The summed E-state index contributed by atoms with van der Waals surface area (Å²) in [6, 6.07) is 16.7. The molecule has 0 fully saturated rings. The Bertz CT molecular complexity index is 1080. The van der Waals surface area contributed by atoms with Gasteiger partial charge in [-0.15, -0.1) is 0 Å². The SMILES string of the molecule is CC(C)C[C@H](NC(=O)CNC(=O)[C@H](Cc1ccccc1)NC(=O)CCC(=O)NCc1ccccc1)C(N)=O. The lowest BCUT2D eigenvalue weighted by molar-refractivity contribution is -0.131. The van der Waals surface area contributed by atoms with E-state index in [0.29, 0.717) is 13.0 Å². The quantitative estimate of drug-likeness (QED) is 0.235. The summed E-state index contributed by atoms with van der Waals surface area (Å²) in [5, 5.41) is 10.5. The summed E-state index contributed by atoms with van der Waals surface area (Å²) in [7, 11) is 0. The topological polar surface area (TPSA) is 159 Å². The Hall–Kier alpha value is -4.21. The van der Waals surface area contributed by atoms with Gasteiger partial charge in [0, 0.05) is 25.8 Å². The number of primary amides is 1. The van der Waals surface area contributed by atoms with Gasteiger partial charge in [-0.2, -0.15) is 0 Å². The van der Waals surface area contributed by atoms with Crippen LogP contribution in [-0.4, -0.2) is 48.2 Å². The van der Waals surface area contributed by atoms with E-state index in [2.05, 4.69) is 21.3 Å². The normalized spacial score (nSPS) is 12.2. The van der Waals surface area contributed by atoms with E-state index in [1.807, 2.05) is 74.5 Å². The Morgan fingerprint density at radius 1 is 0.711 bits per heavy atom. The molecule has 2 atom stereocenters. The van der Waals surface area contributed by atoms with Gasteiger partial charge in [0.1, 0.15) is 12.1 Å². The maximum atomic E-state index is 12.9. The highest BCUT2D eigenvalue weighted by molar-refractivity contribution is 5.93. The fraction of sp³-hybridized carbons (Fsp3) is 0.393. The van der Waals surface area contributed by atoms with Crippen molar-refractivity contribution >= 4 is 29.5 Å². The molecule has 10 nitrogen and oxygen atoms in total. The van der Waals surface area contributed by atoms with Gasteiger partial charge < -0.3 is 27.0 Å². The van der Waals surface area contributed by atoms with Gasteiger partial charge in [-0.1, -0.05) is 74.5 Å². The number of nitrogens with one attached hydrogen (secondary N) is 4. The van der Waals surface area contributed by atoms with Crippen molar-refractivity contribution in [2.24, 2.45) is 11.7 Å². The second kappa shape index (κ2) is 15.8. The third-order valence-electron chi connectivity index (χ3n) is 5.65. The first-order chi connectivity index (χ1) is 18.1. The summed E-state index contributed by atoms with van der Waals surface area (Å²) < 4.78 is 0. The molecule has 0 bridgehead atoms. The molecule has 5 amide bonds. The molecule has 204 valence electrons. The molecule has 0 aromatic heterocycles. The van der Waals surface area contributed by atoms with Gasteiger partial charge in [0.2, 0.25) is 29.5 Å². The maximum Gasteiger partial charge on any atom is 0.243 e. The zero-order valence-corrected chi connectivity index (χ0v) is 21.9. The van der Waals surface area contributed by atoms with Crippen molar-refractivity contribution in [3.8, 4) is 0 Å². The number of amides is 5. The molecule has 0 saturated carbocycles. The first kappa shape index (κ1) is 30.0. The average Bonchev–Trinajstić information content (AvgIpc) is 2.89. The molecular formula is C28H37N5O5. The second-order valence-corrected chi connectivity index (χ2v) is 9.44. The first-order valence-electron chi connectivity index (χ1n) is 12.6. The van der Waals surface area contributed by atoms with Crippen molar-refractivity contribution < 1.29 is 24.0 Å². The lowest BCUT2D eigenvalue weighted by atomic mass is 10.0. The van der Waals surface area contributed by atoms with Gasteiger partial charge in [-0.3, -0.25) is 24.0 Å². The van der Waals surface area contributed by atoms with Crippen molar-refractivity contribution in [1.29, 1.82) is 0 Å². The van der Waals surface area contributed by atoms with Crippen LogP contribution in [0.3, 0.4) is 0 Å². The molecule has 0 aliphatic carbocycles. The summed E-state index contributed by atoms with van der Waals surface area (Å²) in [6.45, 7) is 3.77. The van der Waals surface area contributed by atoms with Gasteiger partial charge >= 0.3 is 0 Å². The minimum atomic E-state index is -0.965. The Labute approximate surface area is 223 Å². The highest BCUT2D eigenvalue weighted by atomic mass is 16.2. The van der Waals surface area contributed by atoms with Gasteiger partial charge in [-0.05, 0) is 23.5 Å². The van der Waals surface area contributed by atoms with E-state index in [0.717, 1.165) is 11.1 Å². The fourth-order valence-electron chi connectivity index (χ4n) is 3.69. The number of benzene rings is 2. The third-order valence-corrected chi connectivity index (χ3v) is 5.65. The van der Waals surface area contributed by atoms with Crippen LogP contribution in [-0.2, 0) is 36.9 Å². The molecule has 10 heteroatoms. The molecule has 2 aromatic rings. The molecular weight excluding hydrogens is 486 g/mol.